The molecule has 1 amide bonds. The molecule has 0 spiro atoms. The summed E-state index contributed by atoms with van der Waals surface area (Å²) in [5.74, 6) is 1.09. The number of fused-ring (bicyclic) bond motifs is 1. The van der Waals surface area contributed by atoms with Gasteiger partial charge in [0.25, 0.3) is 5.91 Å². The summed E-state index contributed by atoms with van der Waals surface area (Å²) in [5, 5.41) is 0. The highest BCUT2D eigenvalue weighted by atomic mass is 32.2. The second-order valence-corrected chi connectivity index (χ2v) is 8.22. The lowest BCUT2D eigenvalue weighted by molar-refractivity contribution is 0.0601. The molecule has 2 aromatic carbocycles. The van der Waals surface area contributed by atoms with Gasteiger partial charge in [-0.3, -0.25) is 4.79 Å². The van der Waals surface area contributed by atoms with E-state index in [0.29, 0.717) is 34.0 Å². The maximum absolute atomic E-state index is 12.9. The Kier molecular flexibility index (Phi) is 7.17. The monoisotopic (exact) mass is 446 g/mol. The number of rotatable bonds is 7. The molecule has 3 rings (SSSR count). The van der Waals surface area contributed by atoms with E-state index in [-0.39, 0.29) is 0 Å². The van der Waals surface area contributed by atoms with Gasteiger partial charge in [0.1, 0.15) is 11.5 Å². The Bertz CT molecular complexity index is 1130. The average Bonchev–Trinajstić information content (AvgIpc) is 3.12. The van der Waals surface area contributed by atoms with Crippen molar-refractivity contribution in [2.75, 3.05) is 33.3 Å². The summed E-state index contributed by atoms with van der Waals surface area (Å²) in [6.07, 6.45) is 2.02. The number of methoxy groups -OCH3 is 3. The van der Waals surface area contributed by atoms with Crippen LogP contribution in [0.5, 0.6) is 11.5 Å². The minimum Gasteiger partial charge on any atom is -0.497 e. The van der Waals surface area contributed by atoms with Crippen molar-refractivity contribution in [2.45, 2.75) is 6.54 Å². The number of carbonyl (C=O) groups is 2. The molecule has 0 atom stereocenters. The van der Waals surface area contributed by atoms with E-state index in [0.717, 1.165) is 16.0 Å². The van der Waals surface area contributed by atoms with Gasteiger partial charge in [0.05, 0.1) is 37.1 Å². The van der Waals surface area contributed by atoms with Crippen molar-refractivity contribution in [1.29, 1.82) is 0 Å². The lowest BCUT2D eigenvalue weighted by Gasteiger charge is -2.06. The maximum Gasteiger partial charge on any atom is 0.337 e. The molecule has 0 aliphatic heterocycles. The van der Waals surface area contributed by atoms with Crippen molar-refractivity contribution in [3.63, 3.8) is 0 Å². The molecular formula is C21H22N2O5S2. The van der Waals surface area contributed by atoms with E-state index >= 15 is 0 Å². The molecule has 3 aromatic rings. The number of aromatic nitrogens is 1. The number of esters is 1. The topological polar surface area (TPSA) is 79.1 Å². The minimum absolute atomic E-state index is 0.371. The first-order chi connectivity index (χ1) is 14.5. The van der Waals surface area contributed by atoms with E-state index in [1.807, 2.05) is 16.9 Å². The molecule has 0 saturated carbocycles. The first-order valence-electron chi connectivity index (χ1n) is 9.03. The van der Waals surface area contributed by atoms with Crippen LogP contribution in [0.1, 0.15) is 20.7 Å². The smallest absolute Gasteiger partial charge is 0.337 e. The summed E-state index contributed by atoms with van der Waals surface area (Å²) >= 11 is 3.06. The summed E-state index contributed by atoms with van der Waals surface area (Å²) in [6, 6.07) is 10.3. The Hall–Kier alpha value is -2.78. The molecule has 0 saturated heterocycles. The van der Waals surface area contributed by atoms with E-state index in [2.05, 4.69) is 4.99 Å². The third-order valence-corrected chi connectivity index (χ3v) is 6.05. The molecule has 1 heterocycles. The first kappa shape index (κ1) is 21.9. The summed E-state index contributed by atoms with van der Waals surface area (Å²) < 4.78 is 18.1. The molecule has 0 fully saturated rings. The number of benzene rings is 2. The quantitative estimate of drug-likeness (QED) is 0.516. The number of carbonyl (C=O) groups excluding carboxylic acids is 2. The number of thiazole rings is 1. The van der Waals surface area contributed by atoms with Crippen LogP contribution in [-0.2, 0) is 11.3 Å². The van der Waals surface area contributed by atoms with Crippen LogP contribution in [-0.4, -0.2) is 49.8 Å². The number of ether oxygens (including phenoxy) is 3. The van der Waals surface area contributed by atoms with Gasteiger partial charge < -0.3 is 18.8 Å². The van der Waals surface area contributed by atoms with Crippen LogP contribution in [0.4, 0.5) is 0 Å². The zero-order valence-electron chi connectivity index (χ0n) is 17.1. The number of amides is 1. The normalized spacial score (nSPS) is 11.5. The van der Waals surface area contributed by atoms with Crippen LogP contribution >= 0.6 is 23.1 Å². The average molecular weight is 447 g/mol. The van der Waals surface area contributed by atoms with Crippen LogP contribution in [0.2, 0.25) is 0 Å². The molecule has 158 valence electrons. The fraction of sp³-hybridized carbons (Fsp3) is 0.286. The van der Waals surface area contributed by atoms with Crippen LogP contribution in [0.25, 0.3) is 10.2 Å². The Morgan fingerprint density at radius 1 is 1.03 bits per heavy atom. The van der Waals surface area contributed by atoms with E-state index in [4.69, 9.17) is 14.2 Å². The van der Waals surface area contributed by atoms with Gasteiger partial charge in [-0.2, -0.15) is 16.8 Å². The Labute approximate surface area is 182 Å². The first-order valence-corrected chi connectivity index (χ1v) is 11.2. The van der Waals surface area contributed by atoms with Crippen LogP contribution in [0.15, 0.2) is 41.4 Å². The molecule has 0 radical (unpaired) electrons. The van der Waals surface area contributed by atoms with Crippen molar-refractivity contribution in [3.8, 4) is 11.5 Å². The van der Waals surface area contributed by atoms with Crippen molar-refractivity contribution in [1.82, 2.24) is 4.57 Å². The number of hydrogen-bond acceptors (Lipinski definition) is 7. The lowest BCUT2D eigenvalue weighted by atomic mass is 10.2. The highest BCUT2D eigenvalue weighted by Crippen LogP contribution is 2.24. The Balaban J connectivity index is 2.11. The van der Waals surface area contributed by atoms with Gasteiger partial charge in [0.2, 0.25) is 0 Å². The van der Waals surface area contributed by atoms with Gasteiger partial charge in [-0.15, -0.1) is 0 Å². The molecule has 0 aliphatic rings. The predicted molar refractivity (Wildman–Crippen MR) is 119 cm³/mol. The van der Waals surface area contributed by atoms with Gasteiger partial charge in [0, 0.05) is 23.9 Å². The van der Waals surface area contributed by atoms with Gasteiger partial charge in [0.15, 0.2) is 4.80 Å². The highest BCUT2D eigenvalue weighted by Gasteiger charge is 2.14. The van der Waals surface area contributed by atoms with Gasteiger partial charge >= 0.3 is 5.97 Å². The summed E-state index contributed by atoms with van der Waals surface area (Å²) in [6.45, 7) is 0.687. The van der Waals surface area contributed by atoms with Crippen molar-refractivity contribution < 1.29 is 23.8 Å². The second kappa shape index (κ2) is 9.82. The van der Waals surface area contributed by atoms with Crippen LogP contribution < -0.4 is 14.3 Å². The standard InChI is InChI=1S/C21H22N2O5S2/c1-26-15-9-14(10-16(12-15)27-2)19(24)22-21-23(7-8-29-4)17-6-5-13(20(25)28-3)11-18(17)30-21/h5-6,9-12H,7-8H2,1-4H3. The number of aryl methyl sites for hydroxylation is 1. The maximum atomic E-state index is 12.9. The highest BCUT2D eigenvalue weighted by molar-refractivity contribution is 7.98. The molecule has 0 bridgehead atoms. The van der Waals surface area contributed by atoms with E-state index in [1.54, 1.807) is 42.1 Å². The zero-order valence-corrected chi connectivity index (χ0v) is 18.8. The van der Waals surface area contributed by atoms with Crippen LogP contribution in [0.3, 0.4) is 0 Å². The fourth-order valence-electron chi connectivity index (χ4n) is 2.88. The molecule has 0 aliphatic carbocycles. The largest absolute Gasteiger partial charge is 0.497 e. The van der Waals surface area contributed by atoms with Crippen molar-refractivity contribution in [2.24, 2.45) is 4.99 Å². The number of hydrogen-bond donors (Lipinski definition) is 0. The van der Waals surface area contributed by atoms with E-state index < -0.39 is 11.9 Å². The Morgan fingerprint density at radius 2 is 1.73 bits per heavy atom. The molecule has 9 heteroatoms. The van der Waals surface area contributed by atoms with Gasteiger partial charge in [-0.1, -0.05) is 11.3 Å². The third-order valence-electron chi connectivity index (χ3n) is 4.42. The SMILES string of the molecule is COC(=O)c1ccc2c(c1)sc(=NC(=O)c1cc(OC)cc(OC)c1)n2CCSC. The van der Waals surface area contributed by atoms with Gasteiger partial charge in [-0.25, -0.2) is 4.79 Å². The predicted octanol–water partition coefficient (Wildman–Crippen LogP) is 3.61. The molecule has 7 nitrogen and oxygen atoms in total. The molecule has 30 heavy (non-hydrogen) atoms. The van der Waals surface area contributed by atoms with E-state index in [9.17, 15) is 9.59 Å². The van der Waals surface area contributed by atoms with E-state index in [1.165, 1.54) is 32.7 Å². The third kappa shape index (κ3) is 4.68. The fourth-order valence-corrected chi connectivity index (χ4v) is 4.34. The number of thioether (sulfide) groups is 1. The molecule has 0 N–H and O–H groups in total. The number of nitrogens with zero attached hydrogens (tertiary/aromatic N) is 2. The summed E-state index contributed by atoms with van der Waals surface area (Å²) in [5.41, 5.74) is 1.74. The molecular weight excluding hydrogens is 424 g/mol. The summed E-state index contributed by atoms with van der Waals surface area (Å²) in [7, 11) is 4.41. The minimum atomic E-state index is -0.404. The second-order valence-electron chi connectivity index (χ2n) is 6.22. The Morgan fingerprint density at radius 3 is 2.33 bits per heavy atom. The molecule has 0 unspecified atom stereocenters. The van der Waals surface area contributed by atoms with Crippen molar-refractivity contribution >= 4 is 45.2 Å². The zero-order chi connectivity index (χ0) is 21.7. The van der Waals surface area contributed by atoms with Gasteiger partial charge in [-0.05, 0) is 36.6 Å². The lowest BCUT2D eigenvalue weighted by Crippen LogP contribution is -2.18. The van der Waals surface area contributed by atoms with Crippen LogP contribution in [0, 0.1) is 0 Å². The van der Waals surface area contributed by atoms with Crippen molar-refractivity contribution in [3.05, 3.63) is 52.3 Å². The summed E-state index contributed by atoms with van der Waals surface area (Å²) in [4.78, 5) is 29.7. The molecule has 1 aromatic heterocycles.